The van der Waals surface area contributed by atoms with Crippen molar-refractivity contribution in [1.29, 1.82) is 0 Å². The number of allylic oxidation sites excluding steroid dienone is 1. The number of aliphatic hydroxyl groups excluding tert-OH is 1. The Bertz CT molecular complexity index is 678. The van der Waals surface area contributed by atoms with Crippen LogP contribution in [0, 0.1) is 23.2 Å². The van der Waals surface area contributed by atoms with Crippen molar-refractivity contribution in [2.75, 3.05) is 7.11 Å². The van der Waals surface area contributed by atoms with E-state index in [1.807, 2.05) is 19.1 Å². The third-order valence-corrected chi connectivity index (χ3v) is 12.1. The topological polar surface area (TPSA) is 72.8 Å². The average molecular weight is 381 g/mol. The molecule has 1 spiro atoms. The Morgan fingerprint density at radius 3 is 2.19 bits per heavy atom. The zero-order chi connectivity index (χ0) is 19.9. The highest BCUT2D eigenvalue weighted by Crippen LogP contribution is 2.65. The quantitative estimate of drug-likeness (QED) is 0.602. The largest absolute Gasteiger partial charge is 0.409 e. The van der Waals surface area contributed by atoms with Gasteiger partial charge in [0, 0.05) is 13.0 Å². The molecule has 0 aromatic heterocycles. The van der Waals surface area contributed by atoms with Crippen molar-refractivity contribution in [1.82, 2.24) is 0 Å². The normalized spacial score (nSPS) is 45.3. The van der Waals surface area contributed by atoms with Crippen LogP contribution in [0.1, 0.15) is 34.6 Å². The van der Waals surface area contributed by atoms with Gasteiger partial charge in [-0.1, -0.05) is 46.8 Å². The molecule has 3 aliphatic carbocycles. The van der Waals surface area contributed by atoms with E-state index >= 15 is 0 Å². The molecule has 146 valence electrons. The lowest BCUT2D eigenvalue weighted by atomic mass is 9.60. The number of aliphatic hydroxyl groups is 1. The van der Waals surface area contributed by atoms with Crippen LogP contribution in [0.5, 0.6) is 0 Å². The lowest BCUT2D eigenvalue weighted by Crippen LogP contribution is -2.59. The molecular weight excluding hydrogens is 348 g/mol. The van der Waals surface area contributed by atoms with E-state index < -0.39 is 43.4 Å². The van der Waals surface area contributed by atoms with Gasteiger partial charge in [-0.2, -0.15) is 0 Å². The predicted molar refractivity (Wildman–Crippen MR) is 101 cm³/mol. The molecule has 0 unspecified atom stereocenters. The Kier molecular flexibility index (Phi) is 4.29. The fraction of sp³-hybridized carbons (Fsp3) is 0.800. The summed E-state index contributed by atoms with van der Waals surface area (Å²) in [4.78, 5) is 26.8. The highest BCUT2D eigenvalue weighted by Gasteiger charge is 2.83. The van der Waals surface area contributed by atoms with Crippen molar-refractivity contribution >= 4 is 19.9 Å². The highest BCUT2D eigenvalue weighted by atomic mass is 28.4. The van der Waals surface area contributed by atoms with Gasteiger partial charge < -0.3 is 14.3 Å². The Balaban J connectivity index is 2.17. The molecule has 3 aliphatic rings. The third kappa shape index (κ3) is 2.02. The Hall–Kier alpha value is -0.823. The minimum Gasteiger partial charge on any atom is -0.409 e. The number of carbonyl (C=O) groups is 2. The molecule has 0 aromatic rings. The molecular formula is C20H32O5Si. The molecule has 2 saturated carbocycles. The Morgan fingerprint density at radius 2 is 1.69 bits per heavy atom. The summed E-state index contributed by atoms with van der Waals surface area (Å²) in [6.07, 6.45) is 2.08. The maximum atomic E-state index is 13.4. The summed E-state index contributed by atoms with van der Waals surface area (Å²) in [5.41, 5.74) is -2.69. The standard InChI is InChI=1S/C20H32O5Si/c1-11-9-10-13(25-26(7,8)18(3,4)5)19-14(11)16(22)20(24-6,17(19)23)12(2)15(19)21/h9-14,17,23H,1-8H3/t11-,12+,13+,14+,17-,19-,20+/m1/s1. The molecule has 0 aliphatic heterocycles. The minimum atomic E-state index is -2.22. The Labute approximate surface area is 157 Å². The van der Waals surface area contributed by atoms with E-state index in [1.54, 1.807) is 6.92 Å². The van der Waals surface area contributed by atoms with Gasteiger partial charge in [-0.15, -0.1) is 0 Å². The molecule has 0 heterocycles. The van der Waals surface area contributed by atoms with Gasteiger partial charge in [-0.05, 0) is 24.1 Å². The lowest BCUT2D eigenvalue weighted by molar-refractivity contribution is -0.160. The average Bonchev–Trinajstić information content (AvgIpc) is 2.83. The molecule has 3 rings (SSSR count). The van der Waals surface area contributed by atoms with E-state index in [-0.39, 0.29) is 22.5 Å². The molecule has 6 heteroatoms. The molecule has 7 atom stereocenters. The van der Waals surface area contributed by atoms with Gasteiger partial charge in [0.15, 0.2) is 25.5 Å². The molecule has 5 nitrogen and oxygen atoms in total. The van der Waals surface area contributed by atoms with Crippen molar-refractivity contribution in [2.45, 2.75) is 70.6 Å². The van der Waals surface area contributed by atoms with Gasteiger partial charge in [-0.25, -0.2) is 0 Å². The smallest absolute Gasteiger partial charge is 0.192 e. The van der Waals surface area contributed by atoms with E-state index in [2.05, 4.69) is 33.9 Å². The fourth-order valence-electron chi connectivity index (χ4n) is 5.14. The number of Topliss-reactive ketones (excluding diaryl/α,β-unsaturated/α-hetero) is 2. The van der Waals surface area contributed by atoms with Gasteiger partial charge in [-0.3, -0.25) is 9.59 Å². The van der Waals surface area contributed by atoms with Crippen LogP contribution < -0.4 is 0 Å². The number of ether oxygens (including phenoxy) is 1. The van der Waals surface area contributed by atoms with Crippen molar-refractivity contribution < 1.29 is 23.9 Å². The number of carbonyl (C=O) groups excluding carboxylic acids is 2. The summed E-state index contributed by atoms with van der Waals surface area (Å²) in [7, 11) is -0.804. The number of methoxy groups -OCH3 is 1. The van der Waals surface area contributed by atoms with Crippen molar-refractivity contribution in [3.63, 3.8) is 0 Å². The second kappa shape index (κ2) is 5.60. The van der Waals surface area contributed by atoms with Gasteiger partial charge in [0.1, 0.15) is 6.10 Å². The summed E-state index contributed by atoms with van der Waals surface area (Å²) in [6.45, 7) is 14.3. The fourth-order valence-corrected chi connectivity index (χ4v) is 6.40. The molecule has 0 radical (unpaired) electrons. The van der Waals surface area contributed by atoms with E-state index in [9.17, 15) is 14.7 Å². The van der Waals surface area contributed by atoms with E-state index in [4.69, 9.17) is 9.16 Å². The lowest BCUT2D eigenvalue weighted by Gasteiger charge is -2.49. The maximum Gasteiger partial charge on any atom is 0.192 e. The van der Waals surface area contributed by atoms with Crippen LogP contribution in [0.2, 0.25) is 18.1 Å². The monoisotopic (exact) mass is 380 g/mol. The second-order valence-electron chi connectivity index (χ2n) is 9.80. The minimum absolute atomic E-state index is 0.0464. The summed E-state index contributed by atoms with van der Waals surface area (Å²) >= 11 is 0. The maximum absolute atomic E-state index is 13.4. The third-order valence-electron chi connectivity index (χ3n) is 7.66. The predicted octanol–water partition coefficient (Wildman–Crippen LogP) is 2.73. The van der Waals surface area contributed by atoms with E-state index in [1.165, 1.54) is 7.11 Å². The Morgan fingerprint density at radius 1 is 1.12 bits per heavy atom. The molecule has 1 N–H and O–H groups in total. The summed E-state index contributed by atoms with van der Waals surface area (Å²) in [6, 6.07) is 0. The van der Waals surface area contributed by atoms with Crippen LogP contribution in [-0.4, -0.2) is 49.9 Å². The van der Waals surface area contributed by atoms with Gasteiger partial charge in [0.2, 0.25) is 0 Å². The van der Waals surface area contributed by atoms with Crippen LogP contribution in [0.4, 0.5) is 0 Å². The summed E-state index contributed by atoms with van der Waals surface area (Å²) in [5, 5.41) is 11.3. The first-order chi connectivity index (χ1) is 11.8. The highest BCUT2D eigenvalue weighted by molar-refractivity contribution is 6.74. The van der Waals surface area contributed by atoms with Crippen molar-refractivity contribution in [2.24, 2.45) is 23.2 Å². The summed E-state index contributed by atoms with van der Waals surface area (Å²) in [5.74, 6) is -1.65. The van der Waals surface area contributed by atoms with E-state index in [0.717, 1.165) is 0 Å². The van der Waals surface area contributed by atoms with Crippen molar-refractivity contribution in [3.05, 3.63) is 12.2 Å². The molecule has 0 saturated heterocycles. The first kappa shape index (κ1) is 19.9. The molecule has 26 heavy (non-hydrogen) atoms. The van der Waals surface area contributed by atoms with Gasteiger partial charge >= 0.3 is 0 Å². The van der Waals surface area contributed by atoms with Crippen LogP contribution in [-0.2, 0) is 18.8 Å². The molecule has 0 aromatic carbocycles. The zero-order valence-corrected chi connectivity index (χ0v) is 18.1. The van der Waals surface area contributed by atoms with Crippen LogP contribution in [0.25, 0.3) is 0 Å². The van der Waals surface area contributed by atoms with Crippen molar-refractivity contribution in [3.8, 4) is 0 Å². The van der Waals surface area contributed by atoms with Crippen LogP contribution >= 0.6 is 0 Å². The number of ketones is 2. The van der Waals surface area contributed by atoms with Crippen LogP contribution in [0.15, 0.2) is 12.2 Å². The number of rotatable bonds is 3. The van der Waals surface area contributed by atoms with Gasteiger partial charge in [0.25, 0.3) is 0 Å². The van der Waals surface area contributed by atoms with Crippen LogP contribution in [0.3, 0.4) is 0 Å². The number of fused-ring (bicyclic) bond motifs is 1. The van der Waals surface area contributed by atoms with Gasteiger partial charge in [0.05, 0.1) is 17.4 Å². The first-order valence-corrected chi connectivity index (χ1v) is 12.4. The molecule has 2 fully saturated rings. The number of hydrogen-bond acceptors (Lipinski definition) is 5. The molecule has 2 bridgehead atoms. The number of hydrogen-bond donors (Lipinski definition) is 1. The van der Waals surface area contributed by atoms with E-state index in [0.29, 0.717) is 0 Å². The SMILES string of the molecule is CO[C@]12C(=O)[C@@H]3[C@H](C)C=C[C@H](O[Si](C)(C)C(C)(C)C)[C@@]3(C(=O)[C@@H]1C)[C@H]2O. The summed E-state index contributed by atoms with van der Waals surface area (Å²) < 4.78 is 12.2. The zero-order valence-electron chi connectivity index (χ0n) is 17.1. The second-order valence-corrected chi connectivity index (χ2v) is 14.6. The first-order valence-electron chi connectivity index (χ1n) is 9.48. The molecule has 0 amide bonds.